The lowest BCUT2D eigenvalue weighted by Gasteiger charge is -2.39. The van der Waals surface area contributed by atoms with E-state index < -0.39 is 11.7 Å². The summed E-state index contributed by atoms with van der Waals surface area (Å²) < 4.78 is 45.7. The number of hydrogen-bond donors (Lipinski definition) is 1. The summed E-state index contributed by atoms with van der Waals surface area (Å²) in [7, 11) is 3.66. The lowest BCUT2D eigenvalue weighted by molar-refractivity contribution is -0.136. The van der Waals surface area contributed by atoms with Crippen LogP contribution in [0.15, 0.2) is 42.5 Å². The summed E-state index contributed by atoms with van der Waals surface area (Å²) in [5.41, 5.74) is 0.0516. The summed E-state index contributed by atoms with van der Waals surface area (Å²) in [6.07, 6.45) is -2.77. The zero-order valence-electron chi connectivity index (χ0n) is 17.4. The SMILES string of the molecule is COc1ccc(CN(C(=S)Nc2cc(Cl)ccc2C(F)(F)F)C2CCN(C)CC2)cc1. The highest BCUT2D eigenvalue weighted by Crippen LogP contribution is 2.36. The van der Waals surface area contributed by atoms with Crippen LogP contribution in [0.3, 0.4) is 0 Å². The van der Waals surface area contributed by atoms with E-state index in [0.717, 1.165) is 43.3 Å². The van der Waals surface area contributed by atoms with E-state index in [-0.39, 0.29) is 21.9 Å². The summed E-state index contributed by atoms with van der Waals surface area (Å²) in [5.74, 6) is 0.740. The molecule has 0 aliphatic carbocycles. The minimum Gasteiger partial charge on any atom is -0.497 e. The number of piperidine rings is 1. The predicted octanol–water partition coefficient (Wildman–Crippen LogP) is 5.66. The highest BCUT2D eigenvalue weighted by atomic mass is 35.5. The number of nitrogens with zero attached hydrogens (tertiary/aromatic N) is 2. The first-order chi connectivity index (χ1) is 14.7. The summed E-state index contributed by atoms with van der Waals surface area (Å²) in [6, 6.07) is 11.2. The van der Waals surface area contributed by atoms with Gasteiger partial charge in [-0.3, -0.25) is 0 Å². The molecule has 0 aromatic heterocycles. The minimum absolute atomic E-state index is 0.117. The van der Waals surface area contributed by atoms with Gasteiger partial charge in [-0.05, 0) is 81.1 Å². The van der Waals surface area contributed by atoms with Gasteiger partial charge in [0.1, 0.15) is 5.75 Å². The Hall–Kier alpha value is -2.03. The molecule has 168 valence electrons. The fourth-order valence-corrected chi connectivity index (χ4v) is 4.15. The average Bonchev–Trinajstić information content (AvgIpc) is 2.72. The van der Waals surface area contributed by atoms with Crippen LogP contribution in [0.4, 0.5) is 18.9 Å². The van der Waals surface area contributed by atoms with Crippen LogP contribution in [0.2, 0.25) is 5.02 Å². The standard InChI is InChI=1S/C22H25ClF3N3OS/c1-28-11-9-17(10-12-28)29(14-15-3-6-18(30-2)7-4-15)21(31)27-20-13-16(23)5-8-19(20)22(24,25)26/h3-8,13,17H,9-12,14H2,1-2H3,(H,27,31). The topological polar surface area (TPSA) is 27.7 Å². The maximum atomic E-state index is 13.5. The molecular formula is C22H25ClF3N3OS. The molecule has 0 amide bonds. The van der Waals surface area contributed by atoms with Gasteiger partial charge < -0.3 is 19.9 Å². The molecule has 3 rings (SSSR count). The second-order valence-electron chi connectivity index (χ2n) is 7.63. The molecule has 4 nitrogen and oxygen atoms in total. The summed E-state index contributed by atoms with van der Waals surface area (Å²) in [5, 5.41) is 3.28. The smallest absolute Gasteiger partial charge is 0.418 e. The Morgan fingerprint density at radius 2 is 1.84 bits per heavy atom. The molecule has 0 unspecified atom stereocenters. The van der Waals surface area contributed by atoms with E-state index in [1.807, 2.05) is 29.2 Å². The van der Waals surface area contributed by atoms with Crippen LogP contribution in [0.1, 0.15) is 24.0 Å². The number of methoxy groups -OCH3 is 1. The average molecular weight is 472 g/mol. The zero-order valence-corrected chi connectivity index (χ0v) is 18.9. The van der Waals surface area contributed by atoms with Gasteiger partial charge in [-0.1, -0.05) is 23.7 Å². The number of halogens is 4. The molecule has 1 aliphatic rings. The van der Waals surface area contributed by atoms with Crippen molar-refractivity contribution in [3.63, 3.8) is 0 Å². The van der Waals surface area contributed by atoms with Crippen LogP contribution in [-0.2, 0) is 12.7 Å². The van der Waals surface area contributed by atoms with E-state index in [1.54, 1.807) is 7.11 Å². The molecule has 0 atom stereocenters. The number of hydrogen-bond acceptors (Lipinski definition) is 3. The van der Waals surface area contributed by atoms with Gasteiger partial charge in [0.25, 0.3) is 0 Å². The largest absolute Gasteiger partial charge is 0.497 e. The van der Waals surface area contributed by atoms with E-state index in [2.05, 4.69) is 17.3 Å². The fraction of sp³-hybridized carbons (Fsp3) is 0.409. The number of anilines is 1. The fourth-order valence-electron chi connectivity index (χ4n) is 3.66. The normalized spacial score (nSPS) is 15.5. The molecule has 2 aromatic rings. The molecule has 1 aliphatic heterocycles. The second kappa shape index (κ2) is 10.1. The maximum Gasteiger partial charge on any atom is 0.418 e. The molecule has 0 radical (unpaired) electrons. The second-order valence-corrected chi connectivity index (χ2v) is 8.45. The van der Waals surface area contributed by atoms with Crippen LogP contribution in [0.5, 0.6) is 5.75 Å². The van der Waals surface area contributed by atoms with Crippen molar-refractivity contribution in [2.24, 2.45) is 0 Å². The first kappa shape index (κ1) is 23.6. The minimum atomic E-state index is -4.52. The van der Waals surface area contributed by atoms with E-state index in [1.165, 1.54) is 12.1 Å². The molecule has 1 saturated heterocycles. The van der Waals surface area contributed by atoms with Gasteiger partial charge in [0.15, 0.2) is 5.11 Å². The Morgan fingerprint density at radius 3 is 2.42 bits per heavy atom. The molecule has 1 N–H and O–H groups in total. The Kier molecular flexibility index (Phi) is 7.67. The van der Waals surface area contributed by atoms with Crippen molar-refractivity contribution in [3.8, 4) is 5.75 Å². The number of nitrogens with one attached hydrogen (secondary N) is 1. The first-order valence-electron chi connectivity index (χ1n) is 9.93. The maximum absolute atomic E-state index is 13.5. The summed E-state index contributed by atoms with van der Waals surface area (Å²) in [4.78, 5) is 4.21. The van der Waals surface area contributed by atoms with Gasteiger partial charge in [0, 0.05) is 17.6 Å². The van der Waals surface area contributed by atoms with Gasteiger partial charge in [0.2, 0.25) is 0 Å². The van der Waals surface area contributed by atoms with Gasteiger partial charge in [-0.25, -0.2) is 0 Å². The van der Waals surface area contributed by atoms with Crippen LogP contribution in [-0.4, -0.2) is 48.2 Å². The van der Waals surface area contributed by atoms with Crippen LogP contribution >= 0.6 is 23.8 Å². The monoisotopic (exact) mass is 471 g/mol. The molecule has 9 heteroatoms. The van der Waals surface area contributed by atoms with E-state index in [4.69, 9.17) is 28.6 Å². The van der Waals surface area contributed by atoms with Crippen molar-refractivity contribution < 1.29 is 17.9 Å². The quantitative estimate of drug-likeness (QED) is 0.568. The number of ether oxygens (including phenoxy) is 1. The highest BCUT2D eigenvalue weighted by molar-refractivity contribution is 7.80. The van der Waals surface area contributed by atoms with Gasteiger partial charge >= 0.3 is 6.18 Å². The first-order valence-corrected chi connectivity index (χ1v) is 10.7. The van der Waals surface area contributed by atoms with Crippen molar-refractivity contribution in [1.29, 1.82) is 0 Å². The lowest BCUT2D eigenvalue weighted by atomic mass is 10.0. The molecule has 0 saturated carbocycles. The van der Waals surface area contributed by atoms with Crippen molar-refractivity contribution in [3.05, 3.63) is 58.6 Å². The number of thiocarbonyl (C=S) groups is 1. The van der Waals surface area contributed by atoms with Crippen LogP contribution in [0, 0.1) is 0 Å². The number of benzene rings is 2. The summed E-state index contributed by atoms with van der Waals surface area (Å²) in [6.45, 7) is 2.28. The predicted molar refractivity (Wildman–Crippen MR) is 122 cm³/mol. The molecule has 1 heterocycles. The molecule has 2 aromatic carbocycles. The van der Waals surface area contributed by atoms with Crippen LogP contribution < -0.4 is 10.1 Å². The van der Waals surface area contributed by atoms with Gasteiger partial charge in [0.05, 0.1) is 18.4 Å². The number of likely N-dealkylation sites (tertiary alicyclic amines) is 1. The Balaban J connectivity index is 1.86. The number of alkyl halides is 3. The molecule has 1 fully saturated rings. The Labute approximate surface area is 190 Å². The molecule has 31 heavy (non-hydrogen) atoms. The number of rotatable bonds is 5. The van der Waals surface area contributed by atoms with Crippen molar-refractivity contribution in [2.45, 2.75) is 31.6 Å². The van der Waals surface area contributed by atoms with Gasteiger partial charge in [-0.15, -0.1) is 0 Å². The third-order valence-electron chi connectivity index (χ3n) is 5.43. The van der Waals surface area contributed by atoms with Crippen molar-refractivity contribution in [2.75, 3.05) is 32.6 Å². The zero-order chi connectivity index (χ0) is 22.6. The molecule has 0 bridgehead atoms. The lowest BCUT2D eigenvalue weighted by Crippen LogP contribution is -2.47. The molecular weight excluding hydrogens is 447 g/mol. The van der Waals surface area contributed by atoms with Gasteiger partial charge in [-0.2, -0.15) is 13.2 Å². The van der Waals surface area contributed by atoms with E-state index in [9.17, 15) is 13.2 Å². The Bertz CT molecular complexity index is 900. The summed E-state index contributed by atoms with van der Waals surface area (Å²) >= 11 is 11.6. The Morgan fingerprint density at radius 1 is 1.19 bits per heavy atom. The molecule has 0 spiro atoms. The van der Waals surface area contributed by atoms with Crippen molar-refractivity contribution >= 4 is 34.6 Å². The third-order valence-corrected chi connectivity index (χ3v) is 6.00. The van der Waals surface area contributed by atoms with E-state index >= 15 is 0 Å². The van der Waals surface area contributed by atoms with Crippen LogP contribution in [0.25, 0.3) is 0 Å². The third kappa shape index (κ3) is 6.24. The van der Waals surface area contributed by atoms with Crippen molar-refractivity contribution in [1.82, 2.24) is 9.80 Å². The van der Waals surface area contributed by atoms with E-state index in [0.29, 0.717) is 6.54 Å². The highest BCUT2D eigenvalue weighted by Gasteiger charge is 2.34.